The van der Waals surface area contributed by atoms with E-state index in [0.717, 1.165) is 59.9 Å². The molecule has 2 N–H and O–H groups in total. The topological polar surface area (TPSA) is 89.8 Å². The van der Waals surface area contributed by atoms with Crippen molar-refractivity contribution in [1.82, 2.24) is 20.1 Å². The Balaban J connectivity index is 1.74. The lowest BCUT2D eigenvalue weighted by atomic mass is 10.1. The van der Waals surface area contributed by atoms with Crippen LogP contribution in [0.25, 0.3) is 10.9 Å². The van der Waals surface area contributed by atoms with Crippen LogP contribution >= 0.6 is 0 Å². The van der Waals surface area contributed by atoms with E-state index in [9.17, 15) is 0 Å². The van der Waals surface area contributed by atoms with Crippen LogP contribution in [0.1, 0.15) is 18.2 Å². The van der Waals surface area contributed by atoms with Gasteiger partial charge in [-0.1, -0.05) is 0 Å². The normalized spacial score (nSPS) is 16.0. The molecular weight excluding hydrogens is 430 g/mol. The van der Waals surface area contributed by atoms with Gasteiger partial charge in [-0.05, 0) is 59.5 Å². The second-order valence-corrected chi connectivity index (χ2v) is 8.26. The number of benzene rings is 1. The van der Waals surface area contributed by atoms with Gasteiger partial charge in [-0.15, -0.1) is 0 Å². The molecule has 182 valence electrons. The molecule has 0 aliphatic carbocycles. The van der Waals surface area contributed by atoms with Crippen molar-refractivity contribution in [2.24, 2.45) is 15.0 Å². The number of rotatable bonds is 10. The van der Waals surface area contributed by atoms with Crippen molar-refractivity contribution >= 4 is 30.2 Å². The van der Waals surface area contributed by atoms with Crippen molar-refractivity contribution in [3.63, 3.8) is 0 Å². The number of likely N-dealkylation sites (N-methyl/N-ethyl adjacent to an activating group) is 1. The summed E-state index contributed by atoms with van der Waals surface area (Å²) in [4.78, 5) is 20.4. The van der Waals surface area contributed by atoms with Gasteiger partial charge in [0.2, 0.25) is 0 Å². The number of fused-ring (bicyclic) bond motifs is 1. The molecule has 2 heterocycles. The Morgan fingerprint density at radius 3 is 2.68 bits per heavy atom. The molecule has 1 fully saturated rings. The lowest BCUT2D eigenvalue weighted by Crippen LogP contribution is -2.47. The van der Waals surface area contributed by atoms with Crippen molar-refractivity contribution in [2.75, 3.05) is 46.7 Å². The summed E-state index contributed by atoms with van der Waals surface area (Å²) in [5.41, 5.74) is 3.33. The first kappa shape index (κ1) is 25.0. The van der Waals surface area contributed by atoms with Crippen molar-refractivity contribution < 1.29 is 9.47 Å². The van der Waals surface area contributed by atoms with E-state index in [-0.39, 0.29) is 13.5 Å². The summed E-state index contributed by atoms with van der Waals surface area (Å²) in [5.74, 6) is 2.83. The molecule has 0 radical (unpaired) electrons. The molecule has 1 aliphatic rings. The fraction of sp³-hybridized carbons (Fsp3) is 0.400. The number of aromatic amines is 1. The highest BCUT2D eigenvalue weighted by Gasteiger charge is 2.17. The van der Waals surface area contributed by atoms with Crippen molar-refractivity contribution in [2.45, 2.75) is 20.8 Å². The molecule has 0 amide bonds. The molecule has 0 spiro atoms. The van der Waals surface area contributed by atoms with Crippen molar-refractivity contribution in [3.05, 3.63) is 53.3 Å². The first-order chi connectivity index (χ1) is 16.4. The SMILES string of the molecule is C=N/C=C(/C)OCN/C(=C/C(=N\COc1ccc2[nH]c(C)cc2c1C)N1CCN(C)CC1)N=C. The van der Waals surface area contributed by atoms with E-state index < -0.39 is 0 Å². The van der Waals surface area contributed by atoms with Crippen LogP contribution in [0.4, 0.5) is 0 Å². The van der Waals surface area contributed by atoms with Gasteiger partial charge in [0, 0.05) is 54.4 Å². The van der Waals surface area contributed by atoms with Crippen LogP contribution in [-0.4, -0.2) is 80.7 Å². The third-order valence-electron chi connectivity index (χ3n) is 5.69. The Labute approximate surface area is 201 Å². The zero-order valence-electron chi connectivity index (χ0n) is 20.6. The fourth-order valence-corrected chi connectivity index (χ4v) is 3.73. The number of piperazine rings is 1. The quantitative estimate of drug-likeness (QED) is 0.243. The molecule has 1 aromatic heterocycles. The Kier molecular flexibility index (Phi) is 8.86. The minimum Gasteiger partial charge on any atom is -0.476 e. The number of amidine groups is 1. The van der Waals surface area contributed by atoms with Gasteiger partial charge in [-0.3, -0.25) is 4.99 Å². The number of hydrogen-bond donors (Lipinski definition) is 2. The minimum atomic E-state index is 0.196. The molecule has 9 heteroatoms. The molecule has 0 unspecified atom stereocenters. The highest BCUT2D eigenvalue weighted by molar-refractivity contribution is 5.93. The van der Waals surface area contributed by atoms with Gasteiger partial charge in [-0.2, -0.15) is 0 Å². The van der Waals surface area contributed by atoms with Crippen LogP contribution in [0.15, 0.2) is 57.0 Å². The van der Waals surface area contributed by atoms with Gasteiger partial charge in [-0.25, -0.2) is 9.98 Å². The van der Waals surface area contributed by atoms with E-state index in [0.29, 0.717) is 11.6 Å². The third kappa shape index (κ3) is 6.71. The van der Waals surface area contributed by atoms with Gasteiger partial charge in [0.15, 0.2) is 13.5 Å². The maximum atomic E-state index is 6.07. The zero-order chi connectivity index (χ0) is 24.5. The van der Waals surface area contributed by atoms with Crippen molar-refractivity contribution in [1.29, 1.82) is 0 Å². The monoisotopic (exact) mass is 465 g/mol. The number of aromatic nitrogens is 1. The molecule has 1 aliphatic heterocycles. The summed E-state index contributed by atoms with van der Waals surface area (Å²) in [6.07, 6.45) is 3.43. The molecule has 0 saturated carbocycles. The number of hydrogen-bond acceptors (Lipinski definition) is 7. The van der Waals surface area contributed by atoms with E-state index in [1.165, 1.54) is 0 Å². The Morgan fingerprint density at radius 2 is 1.97 bits per heavy atom. The molecule has 1 saturated heterocycles. The van der Waals surface area contributed by atoms with E-state index in [2.05, 4.69) is 70.5 Å². The molecule has 9 nitrogen and oxygen atoms in total. The standard InChI is InChI=1S/C25H35N7O2/c1-18-13-21-20(3)23(8-7-22(21)30-18)34-17-29-25(32-11-9-31(6)10-12-32)14-24(27-5)28-16-33-19(2)15-26-4/h7-8,13-15,28,30H,4-5,9-12,16-17H2,1-3,6H3/b19-15-,24-14+,29-25+. The van der Waals surface area contributed by atoms with E-state index in [1.807, 2.05) is 25.1 Å². The summed E-state index contributed by atoms with van der Waals surface area (Å²) in [6, 6.07) is 6.16. The fourth-order valence-electron chi connectivity index (χ4n) is 3.73. The molecule has 0 atom stereocenters. The van der Waals surface area contributed by atoms with Gasteiger partial charge in [0.05, 0.1) is 6.20 Å². The van der Waals surface area contributed by atoms with E-state index in [1.54, 1.807) is 6.20 Å². The van der Waals surface area contributed by atoms with Gasteiger partial charge in [0.25, 0.3) is 0 Å². The lowest BCUT2D eigenvalue weighted by Gasteiger charge is -2.33. The minimum absolute atomic E-state index is 0.196. The van der Waals surface area contributed by atoms with Crippen LogP contribution in [0.5, 0.6) is 5.75 Å². The summed E-state index contributed by atoms with van der Waals surface area (Å²) in [6.45, 7) is 17.1. The average molecular weight is 466 g/mol. The zero-order valence-corrected chi connectivity index (χ0v) is 20.6. The summed E-state index contributed by atoms with van der Waals surface area (Å²) in [7, 11) is 2.12. The van der Waals surface area contributed by atoms with Gasteiger partial charge < -0.3 is 29.6 Å². The smallest absolute Gasteiger partial charge is 0.181 e. The molecule has 0 bridgehead atoms. The Morgan fingerprint density at radius 1 is 1.21 bits per heavy atom. The number of nitrogens with zero attached hydrogens (tertiary/aromatic N) is 5. The van der Waals surface area contributed by atoms with Crippen LogP contribution in [-0.2, 0) is 4.74 Å². The number of H-pyrrole nitrogens is 1. The molecular formula is C25H35N7O2. The van der Waals surface area contributed by atoms with Crippen LogP contribution < -0.4 is 10.1 Å². The number of allylic oxidation sites excluding steroid dienone is 1. The maximum Gasteiger partial charge on any atom is 0.181 e. The van der Waals surface area contributed by atoms with E-state index in [4.69, 9.17) is 14.5 Å². The molecule has 2 aromatic rings. The highest BCUT2D eigenvalue weighted by Crippen LogP contribution is 2.27. The third-order valence-corrected chi connectivity index (χ3v) is 5.69. The molecule has 3 rings (SSSR count). The van der Waals surface area contributed by atoms with Crippen molar-refractivity contribution in [3.8, 4) is 5.75 Å². The predicted octanol–water partition coefficient (Wildman–Crippen LogP) is 3.43. The van der Waals surface area contributed by atoms with Crippen LogP contribution in [0, 0.1) is 13.8 Å². The summed E-state index contributed by atoms with van der Waals surface area (Å²) < 4.78 is 11.6. The summed E-state index contributed by atoms with van der Waals surface area (Å²) in [5, 5.41) is 4.28. The lowest BCUT2D eigenvalue weighted by molar-refractivity contribution is 0.198. The van der Waals surface area contributed by atoms with Gasteiger partial charge >= 0.3 is 0 Å². The average Bonchev–Trinajstić information content (AvgIpc) is 3.21. The first-order valence-corrected chi connectivity index (χ1v) is 11.3. The Hall–Kier alpha value is -3.59. The largest absolute Gasteiger partial charge is 0.476 e. The number of nitrogens with one attached hydrogen (secondary N) is 2. The van der Waals surface area contributed by atoms with Crippen LogP contribution in [0.2, 0.25) is 0 Å². The van der Waals surface area contributed by atoms with E-state index >= 15 is 0 Å². The second-order valence-electron chi connectivity index (χ2n) is 8.26. The van der Waals surface area contributed by atoms with Gasteiger partial charge in [0.1, 0.15) is 23.2 Å². The number of aryl methyl sites for hydroxylation is 2. The predicted molar refractivity (Wildman–Crippen MR) is 140 cm³/mol. The highest BCUT2D eigenvalue weighted by atomic mass is 16.5. The molecule has 34 heavy (non-hydrogen) atoms. The first-order valence-electron chi connectivity index (χ1n) is 11.3. The molecule has 1 aromatic carbocycles. The second kappa shape index (κ2) is 12.0. The Bertz CT molecular complexity index is 1090. The maximum absolute atomic E-state index is 6.07. The number of ether oxygens (including phenoxy) is 2. The summed E-state index contributed by atoms with van der Waals surface area (Å²) >= 11 is 0. The van der Waals surface area contributed by atoms with Crippen LogP contribution in [0.3, 0.4) is 0 Å². The number of aliphatic imine (C=N–C) groups is 3.